The Hall–Kier alpha value is -1.88. The van der Waals surface area contributed by atoms with Crippen LogP contribution in [0.4, 0.5) is 0 Å². The summed E-state index contributed by atoms with van der Waals surface area (Å²) in [5.41, 5.74) is 1.94. The van der Waals surface area contributed by atoms with Gasteiger partial charge in [-0.15, -0.1) is 0 Å². The number of rotatable bonds is 6. The molecule has 2 heterocycles. The number of aromatic amines is 1. The molecule has 1 amide bonds. The Balaban J connectivity index is 1.75. The molecule has 1 saturated heterocycles. The van der Waals surface area contributed by atoms with Crippen LogP contribution in [-0.2, 0) is 9.53 Å². The molecule has 3 rings (SSSR count). The van der Waals surface area contributed by atoms with Crippen molar-refractivity contribution in [3.8, 4) is 0 Å². The van der Waals surface area contributed by atoms with Crippen molar-refractivity contribution in [2.75, 3.05) is 6.61 Å². The van der Waals surface area contributed by atoms with E-state index in [0.29, 0.717) is 12.3 Å². The van der Waals surface area contributed by atoms with Crippen molar-refractivity contribution in [3.05, 3.63) is 30.1 Å². The molecular formula is C18H25N3O2. The number of imidazole rings is 1. The molecule has 23 heavy (non-hydrogen) atoms. The van der Waals surface area contributed by atoms with Crippen LogP contribution in [0.3, 0.4) is 0 Å². The van der Waals surface area contributed by atoms with Crippen LogP contribution in [0.2, 0.25) is 0 Å². The minimum Gasteiger partial charge on any atom is -0.378 e. The highest BCUT2D eigenvalue weighted by atomic mass is 16.5. The number of ether oxygens (including phenoxy) is 1. The highest BCUT2D eigenvalue weighted by Gasteiger charge is 2.26. The van der Waals surface area contributed by atoms with Crippen molar-refractivity contribution in [2.45, 2.75) is 51.7 Å². The number of benzene rings is 1. The second kappa shape index (κ2) is 7.13. The maximum absolute atomic E-state index is 12.4. The zero-order valence-electron chi connectivity index (χ0n) is 13.8. The topological polar surface area (TPSA) is 67.0 Å². The van der Waals surface area contributed by atoms with E-state index in [2.05, 4.69) is 29.1 Å². The first-order chi connectivity index (χ1) is 11.2. The van der Waals surface area contributed by atoms with E-state index in [1.54, 1.807) is 0 Å². The molecule has 0 unspecified atom stereocenters. The number of aromatic nitrogens is 2. The van der Waals surface area contributed by atoms with Gasteiger partial charge in [0.15, 0.2) is 0 Å². The largest absolute Gasteiger partial charge is 0.378 e. The molecule has 2 aromatic rings. The number of carbonyl (C=O) groups is 1. The van der Waals surface area contributed by atoms with Gasteiger partial charge in [0.25, 0.3) is 0 Å². The second-order valence-corrected chi connectivity index (χ2v) is 6.41. The molecule has 124 valence electrons. The van der Waals surface area contributed by atoms with Gasteiger partial charge >= 0.3 is 0 Å². The van der Waals surface area contributed by atoms with Crippen molar-refractivity contribution in [2.24, 2.45) is 5.92 Å². The molecule has 0 saturated carbocycles. The van der Waals surface area contributed by atoms with E-state index in [0.717, 1.165) is 42.7 Å². The van der Waals surface area contributed by atoms with Gasteiger partial charge in [-0.1, -0.05) is 32.4 Å². The quantitative estimate of drug-likeness (QED) is 0.859. The van der Waals surface area contributed by atoms with Gasteiger partial charge in [0.05, 0.1) is 29.6 Å². The molecule has 3 atom stereocenters. The summed E-state index contributed by atoms with van der Waals surface area (Å²) in [6, 6.07) is 7.85. The summed E-state index contributed by atoms with van der Waals surface area (Å²) in [6.07, 6.45) is 3.51. The van der Waals surface area contributed by atoms with Crippen molar-refractivity contribution in [1.29, 1.82) is 0 Å². The first kappa shape index (κ1) is 16.0. The molecule has 1 aromatic heterocycles. The Bertz CT molecular complexity index is 628. The predicted octanol–water partition coefficient (Wildman–Crippen LogP) is 3.34. The molecule has 1 aromatic carbocycles. The Morgan fingerprint density at radius 3 is 3.00 bits per heavy atom. The first-order valence-corrected chi connectivity index (χ1v) is 8.53. The van der Waals surface area contributed by atoms with Crippen molar-refractivity contribution in [1.82, 2.24) is 15.3 Å². The molecule has 0 bridgehead atoms. The number of hydrogen-bond donors (Lipinski definition) is 2. The number of H-pyrrole nitrogens is 1. The Labute approximate surface area is 136 Å². The fourth-order valence-corrected chi connectivity index (χ4v) is 3.08. The van der Waals surface area contributed by atoms with Crippen molar-refractivity contribution in [3.63, 3.8) is 0 Å². The normalized spacial score (nSPS) is 20.5. The number of nitrogens with one attached hydrogen (secondary N) is 2. The molecule has 1 aliphatic rings. The van der Waals surface area contributed by atoms with Gasteiger partial charge < -0.3 is 15.0 Å². The van der Waals surface area contributed by atoms with Gasteiger partial charge in [-0.25, -0.2) is 4.98 Å². The number of para-hydroxylation sites is 2. The van der Waals surface area contributed by atoms with Crippen LogP contribution in [0.25, 0.3) is 11.0 Å². The maximum atomic E-state index is 12.4. The minimum atomic E-state index is -0.0960. The van der Waals surface area contributed by atoms with Gasteiger partial charge in [-0.2, -0.15) is 0 Å². The van der Waals surface area contributed by atoms with E-state index in [1.165, 1.54) is 0 Å². The van der Waals surface area contributed by atoms with Gasteiger partial charge in [-0.05, 0) is 30.9 Å². The average Bonchev–Trinajstić information content (AvgIpc) is 3.20. The van der Waals surface area contributed by atoms with Crippen LogP contribution in [0.5, 0.6) is 0 Å². The average molecular weight is 315 g/mol. The van der Waals surface area contributed by atoms with E-state index in [9.17, 15) is 4.79 Å². The lowest BCUT2D eigenvalue weighted by molar-refractivity contribution is -0.124. The highest BCUT2D eigenvalue weighted by molar-refractivity contribution is 5.78. The van der Waals surface area contributed by atoms with Crippen molar-refractivity contribution >= 4 is 16.9 Å². The van der Waals surface area contributed by atoms with E-state index in [-0.39, 0.29) is 18.1 Å². The lowest BCUT2D eigenvalue weighted by atomic mass is 9.98. The number of nitrogens with zero attached hydrogens (tertiary/aromatic N) is 1. The summed E-state index contributed by atoms with van der Waals surface area (Å²) in [4.78, 5) is 20.4. The van der Waals surface area contributed by atoms with Gasteiger partial charge in [-0.3, -0.25) is 4.79 Å². The molecule has 5 nitrogen and oxygen atoms in total. The van der Waals surface area contributed by atoms with Crippen molar-refractivity contribution < 1.29 is 9.53 Å². The molecule has 1 fully saturated rings. The van der Waals surface area contributed by atoms with Crippen LogP contribution in [-0.4, -0.2) is 28.6 Å². The predicted molar refractivity (Wildman–Crippen MR) is 90.0 cm³/mol. The number of carbonyl (C=O) groups excluding carboxylic acids is 1. The molecule has 0 spiro atoms. The zero-order chi connectivity index (χ0) is 16.2. The smallest absolute Gasteiger partial charge is 0.223 e. The van der Waals surface area contributed by atoms with Gasteiger partial charge in [0.1, 0.15) is 5.82 Å². The third kappa shape index (κ3) is 3.72. The Morgan fingerprint density at radius 2 is 2.30 bits per heavy atom. The summed E-state index contributed by atoms with van der Waals surface area (Å²) in [7, 11) is 0. The number of fused-ring (bicyclic) bond motifs is 1. The lowest BCUT2D eigenvalue weighted by Gasteiger charge is -2.23. The third-order valence-corrected chi connectivity index (χ3v) is 4.67. The summed E-state index contributed by atoms with van der Waals surface area (Å²) in [5, 5.41) is 3.16. The maximum Gasteiger partial charge on any atom is 0.223 e. The lowest BCUT2D eigenvalue weighted by Crippen LogP contribution is -2.35. The van der Waals surface area contributed by atoms with Gasteiger partial charge in [0.2, 0.25) is 5.91 Å². The van der Waals surface area contributed by atoms with Crippen LogP contribution >= 0.6 is 0 Å². The SMILES string of the molecule is CC[C@H](C)[C@H](NC(=O)C[C@@H]1CCCO1)c1nc2ccccc2[nH]1. The highest BCUT2D eigenvalue weighted by Crippen LogP contribution is 2.25. The molecular weight excluding hydrogens is 290 g/mol. The first-order valence-electron chi connectivity index (χ1n) is 8.53. The summed E-state index contributed by atoms with van der Waals surface area (Å²) in [5.74, 6) is 1.19. The van der Waals surface area contributed by atoms with Crippen LogP contribution in [0, 0.1) is 5.92 Å². The number of hydrogen-bond acceptors (Lipinski definition) is 3. The molecule has 0 radical (unpaired) electrons. The van der Waals surface area contributed by atoms with Gasteiger partial charge in [0, 0.05) is 6.61 Å². The fourth-order valence-electron chi connectivity index (χ4n) is 3.08. The van der Waals surface area contributed by atoms with Crippen LogP contribution in [0.15, 0.2) is 24.3 Å². The molecule has 1 aliphatic heterocycles. The zero-order valence-corrected chi connectivity index (χ0v) is 13.8. The van der Waals surface area contributed by atoms with E-state index in [1.807, 2.05) is 24.3 Å². The molecule has 5 heteroatoms. The van der Waals surface area contributed by atoms with E-state index >= 15 is 0 Å². The van der Waals surface area contributed by atoms with E-state index in [4.69, 9.17) is 4.74 Å². The van der Waals surface area contributed by atoms with Crippen LogP contribution in [0.1, 0.15) is 51.4 Å². The fraction of sp³-hybridized carbons (Fsp3) is 0.556. The number of amides is 1. The monoisotopic (exact) mass is 315 g/mol. The summed E-state index contributed by atoms with van der Waals surface area (Å²) < 4.78 is 5.56. The van der Waals surface area contributed by atoms with E-state index < -0.39 is 0 Å². The summed E-state index contributed by atoms with van der Waals surface area (Å²) >= 11 is 0. The standard InChI is InChI=1S/C18H25N3O2/c1-3-12(2)17(21-16(22)11-13-7-6-10-23-13)18-19-14-8-4-5-9-15(14)20-18/h4-5,8-9,12-13,17H,3,6-7,10-11H2,1-2H3,(H,19,20)(H,21,22)/t12-,13-,17-/m0/s1. The molecule has 2 N–H and O–H groups in total. The minimum absolute atomic E-state index is 0.0441. The summed E-state index contributed by atoms with van der Waals surface area (Å²) in [6.45, 7) is 5.05. The Kier molecular flexibility index (Phi) is 4.96. The third-order valence-electron chi connectivity index (χ3n) is 4.67. The van der Waals surface area contributed by atoms with Crippen LogP contribution < -0.4 is 5.32 Å². The second-order valence-electron chi connectivity index (χ2n) is 6.41. The Morgan fingerprint density at radius 1 is 1.48 bits per heavy atom. The molecule has 0 aliphatic carbocycles.